The van der Waals surface area contributed by atoms with Crippen LogP contribution in [0.1, 0.15) is 5.69 Å². The number of rotatable bonds is 3. The Labute approximate surface area is 106 Å². The van der Waals surface area contributed by atoms with Crippen LogP contribution in [0, 0.1) is 0 Å². The van der Waals surface area contributed by atoms with E-state index < -0.39 is 0 Å². The van der Waals surface area contributed by atoms with Crippen molar-refractivity contribution in [2.24, 2.45) is 0 Å². The molecule has 0 bridgehead atoms. The highest BCUT2D eigenvalue weighted by Crippen LogP contribution is 2.16. The smallest absolute Gasteiger partial charge is 0.211 e. The number of imidazole rings is 1. The molecule has 0 saturated carbocycles. The van der Waals surface area contributed by atoms with Gasteiger partial charge in [0.2, 0.25) is 5.95 Å². The highest BCUT2D eigenvalue weighted by Gasteiger charge is 2.16. The Morgan fingerprint density at radius 1 is 1.39 bits per heavy atom. The van der Waals surface area contributed by atoms with Crippen molar-refractivity contribution in [2.45, 2.75) is 6.54 Å². The van der Waals surface area contributed by atoms with Gasteiger partial charge in [0.25, 0.3) is 0 Å². The van der Waals surface area contributed by atoms with E-state index in [1.807, 2.05) is 25.5 Å². The van der Waals surface area contributed by atoms with Gasteiger partial charge in [-0.2, -0.15) is 0 Å². The van der Waals surface area contributed by atoms with Crippen LogP contribution in [-0.2, 0) is 11.3 Å². The van der Waals surface area contributed by atoms with E-state index in [4.69, 9.17) is 4.74 Å². The monoisotopic (exact) mass is 247 g/mol. The SMILES string of the molecule is CNCc1cn2c(N3CCOCC3)nccc2n1. The molecule has 1 aliphatic heterocycles. The first kappa shape index (κ1) is 11.4. The van der Waals surface area contributed by atoms with E-state index in [1.54, 1.807) is 0 Å². The zero-order valence-corrected chi connectivity index (χ0v) is 10.5. The summed E-state index contributed by atoms with van der Waals surface area (Å²) in [6.07, 6.45) is 3.86. The van der Waals surface area contributed by atoms with Crippen LogP contribution in [0.5, 0.6) is 0 Å². The largest absolute Gasteiger partial charge is 0.378 e. The van der Waals surface area contributed by atoms with E-state index in [9.17, 15) is 0 Å². The third-order valence-electron chi connectivity index (χ3n) is 3.06. The molecule has 0 unspecified atom stereocenters. The molecule has 6 nitrogen and oxygen atoms in total. The fraction of sp³-hybridized carbons (Fsp3) is 0.500. The summed E-state index contributed by atoms with van der Waals surface area (Å²) in [6, 6.07) is 1.93. The van der Waals surface area contributed by atoms with Crippen molar-refractivity contribution in [3.05, 3.63) is 24.2 Å². The van der Waals surface area contributed by atoms with Crippen LogP contribution in [0.4, 0.5) is 5.95 Å². The third kappa shape index (κ3) is 2.04. The first-order valence-corrected chi connectivity index (χ1v) is 6.19. The molecular formula is C12H17N5O. The fourth-order valence-electron chi connectivity index (χ4n) is 2.22. The first-order valence-electron chi connectivity index (χ1n) is 6.19. The molecule has 0 aliphatic carbocycles. The van der Waals surface area contributed by atoms with Gasteiger partial charge in [0.15, 0.2) is 0 Å². The van der Waals surface area contributed by atoms with Gasteiger partial charge < -0.3 is 15.0 Å². The van der Waals surface area contributed by atoms with Crippen molar-refractivity contribution >= 4 is 11.6 Å². The molecule has 1 saturated heterocycles. The maximum Gasteiger partial charge on any atom is 0.211 e. The average molecular weight is 247 g/mol. The van der Waals surface area contributed by atoms with Crippen molar-refractivity contribution in [1.82, 2.24) is 19.7 Å². The lowest BCUT2D eigenvalue weighted by atomic mass is 10.4. The lowest BCUT2D eigenvalue weighted by Gasteiger charge is -2.27. The van der Waals surface area contributed by atoms with E-state index in [-0.39, 0.29) is 0 Å². The maximum absolute atomic E-state index is 5.37. The van der Waals surface area contributed by atoms with E-state index in [0.29, 0.717) is 0 Å². The van der Waals surface area contributed by atoms with E-state index in [1.165, 1.54) is 0 Å². The lowest BCUT2D eigenvalue weighted by molar-refractivity contribution is 0.122. The molecule has 6 heteroatoms. The van der Waals surface area contributed by atoms with Crippen molar-refractivity contribution in [1.29, 1.82) is 0 Å². The van der Waals surface area contributed by atoms with Gasteiger partial charge in [-0.05, 0) is 13.1 Å². The molecule has 0 radical (unpaired) electrons. The summed E-state index contributed by atoms with van der Waals surface area (Å²) in [4.78, 5) is 11.3. The van der Waals surface area contributed by atoms with Crippen LogP contribution < -0.4 is 10.2 Å². The van der Waals surface area contributed by atoms with Gasteiger partial charge in [-0.15, -0.1) is 0 Å². The van der Waals surface area contributed by atoms with Crippen molar-refractivity contribution in [3.63, 3.8) is 0 Å². The van der Waals surface area contributed by atoms with E-state index >= 15 is 0 Å². The van der Waals surface area contributed by atoms with Crippen molar-refractivity contribution < 1.29 is 4.74 Å². The number of hydrogen-bond donors (Lipinski definition) is 1. The highest BCUT2D eigenvalue weighted by molar-refractivity contribution is 5.47. The molecule has 0 atom stereocenters. The molecule has 2 aromatic rings. The van der Waals surface area contributed by atoms with Gasteiger partial charge in [-0.1, -0.05) is 0 Å². The Balaban J connectivity index is 1.99. The van der Waals surface area contributed by atoms with Gasteiger partial charge in [-0.25, -0.2) is 9.97 Å². The number of nitrogens with one attached hydrogen (secondary N) is 1. The van der Waals surface area contributed by atoms with Gasteiger partial charge in [0, 0.05) is 32.0 Å². The second kappa shape index (κ2) is 4.91. The predicted octanol–water partition coefficient (Wildman–Crippen LogP) is 0.285. The summed E-state index contributed by atoms with van der Waals surface area (Å²) >= 11 is 0. The van der Waals surface area contributed by atoms with Gasteiger partial charge in [-0.3, -0.25) is 4.40 Å². The number of hydrogen-bond acceptors (Lipinski definition) is 5. The van der Waals surface area contributed by atoms with E-state index in [0.717, 1.165) is 50.1 Å². The number of fused-ring (bicyclic) bond motifs is 1. The second-order valence-electron chi connectivity index (χ2n) is 4.34. The molecular weight excluding hydrogens is 230 g/mol. The van der Waals surface area contributed by atoms with Crippen LogP contribution in [0.25, 0.3) is 5.65 Å². The molecule has 0 aromatic carbocycles. The number of nitrogens with zero attached hydrogens (tertiary/aromatic N) is 4. The van der Waals surface area contributed by atoms with Crippen LogP contribution >= 0.6 is 0 Å². The molecule has 1 N–H and O–H groups in total. The Morgan fingerprint density at radius 3 is 3.00 bits per heavy atom. The Hall–Kier alpha value is -1.66. The summed E-state index contributed by atoms with van der Waals surface area (Å²) in [5.41, 5.74) is 1.97. The van der Waals surface area contributed by atoms with Crippen molar-refractivity contribution in [2.75, 3.05) is 38.3 Å². The summed E-state index contributed by atoms with van der Waals surface area (Å²) in [7, 11) is 1.92. The predicted molar refractivity (Wildman–Crippen MR) is 68.8 cm³/mol. The maximum atomic E-state index is 5.37. The molecule has 3 rings (SSSR count). The minimum Gasteiger partial charge on any atom is -0.378 e. The summed E-state index contributed by atoms with van der Waals surface area (Å²) in [5.74, 6) is 0.950. The minimum atomic E-state index is 0.760. The minimum absolute atomic E-state index is 0.760. The molecule has 3 heterocycles. The average Bonchev–Trinajstić information content (AvgIpc) is 2.82. The number of ether oxygens (including phenoxy) is 1. The Bertz CT molecular complexity index is 532. The summed E-state index contributed by atoms with van der Waals surface area (Å²) in [6.45, 7) is 4.05. The molecule has 2 aromatic heterocycles. The van der Waals surface area contributed by atoms with Crippen LogP contribution in [0.15, 0.2) is 18.5 Å². The zero-order valence-electron chi connectivity index (χ0n) is 10.5. The first-order chi connectivity index (χ1) is 8.88. The van der Waals surface area contributed by atoms with Crippen LogP contribution in [0.2, 0.25) is 0 Å². The normalized spacial score (nSPS) is 16.4. The Morgan fingerprint density at radius 2 is 2.22 bits per heavy atom. The molecule has 0 spiro atoms. The van der Waals surface area contributed by atoms with Gasteiger partial charge in [0.05, 0.1) is 18.9 Å². The quantitative estimate of drug-likeness (QED) is 0.844. The number of aromatic nitrogens is 3. The zero-order chi connectivity index (χ0) is 12.4. The fourth-order valence-corrected chi connectivity index (χ4v) is 2.22. The number of morpholine rings is 1. The molecule has 96 valence electrons. The second-order valence-corrected chi connectivity index (χ2v) is 4.34. The number of anilines is 1. The highest BCUT2D eigenvalue weighted by atomic mass is 16.5. The standard InChI is InChI=1S/C12H17N5O/c1-13-8-10-9-17-11(15-10)2-3-14-12(17)16-4-6-18-7-5-16/h2-3,9,13H,4-8H2,1H3. The van der Waals surface area contributed by atoms with Gasteiger partial charge in [0.1, 0.15) is 5.65 Å². The Kier molecular flexibility index (Phi) is 3.12. The molecule has 0 amide bonds. The van der Waals surface area contributed by atoms with E-state index in [2.05, 4.69) is 24.6 Å². The molecule has 1 fully saturated rings. The third-order valence-corrected chi connectivity index (χ3v) is 3.06. The summed E-state index contributed by atoms with van der Waals surface area (Å²) < 4.78 is 7.43. The summed E-state index contributed by atoms with van der Waals surface area (Å²) in [5, 5.41) is 3.11. The topological polar surface area (TPSA) is 54.7 Å². The van der Waals surface area contributed by atoms with Crippen LogP contribution in [-0.4, -0.2) is 47.7 Å². The molecule has 18 heavy (non-hydrogen) atoms. The molecule has 1 aliphatic rings. The van der Waals surface area contributed by atoms with Crippen molar-refractivity contribution in [3.8, 4) is 0 Å². The lowest BCUT2D eigenvalue weighted by Crippen LogP contribution is -2.37. The van der Waals surface area contributed by atoms with Gasteiger partial charge >= 0.3 is 0 Å². The van der Waals surface area contributed by atoms with Crippen LogP contribution in [0.3, 0.4) is 0 Å².